The first kappa shape index (κ1) is 11.2. The van der Waals surface area contributed by atoms with Crippen LogP contribution in [0.3, 0.4) is 0 Å². The van der Waals surface area contributed by atoms with E-state index in [2.05, 4.69) is 31.2 Å². The van der Waals surface area contributed by atoms with Crippen molar-refractivity contribution in [1.29, 1.82) is 0 Å². The summed E-state index contributed by atoms with van der Waals surface area (Å²) in [4.78, 5) is 0. The molecule has 0 N–H and O–H groups in total. The maximum absolute atomic E-state index is 5.29. The van der Waals surface area contributed by atoms with Crippen molar-refractivity contribution in [1.82, 2.24) is 0 Å². The molecule has 2 heteroatoms. The minimum absolute atomic E-state index is 0.388. The van der Waals surface area contributed by atoms with Crippen molar-refractivity contribution in [2.75, 3.05) is 20.5 Å². The summed E-state index contributed by atoms with van der Waals surface area (Å²) in [6, 6.07) is 10.5. The van der Waals surface area contributed by atoms with Gasteiger partial charge in [-0.25, -0.2) is 0 Å². The smallest absolute Gasteiger partial charge is 0.146 e. The molecule has 0 aliphatic rings. The normalized spacial score (nSPS) is 12.7. The summed E-state index contributed by atoms with van der Waals surface area (Å²) in [5, 5.41) is 0. The summed E-state index contributed by atoms with van der Waals surface area (Å²) < 4.78 is 10.1. The standard InChI is InChI=1S/C12H18O2/c1-11(9-14-10-13-2)8-12-6-4-3-5-7-12/h3-7,11H,8-10H2,1-2H3/t11-/m0/s1. The van der Waals surface area contributed by atoms with Gasteiger partial charge in [-0.05, 0) is 17.9 Å². The molecule has 1 rings (SSSR count). The number of hydrogen-bond donors (Lipinski definition) is 0. The highest BCUT2D eigenvalue weighted by Gasteiger charge is 2.02. The molecule has 1 atom stereocenters. The first-order valence-electron chi connectivity index (χ1n) is 4.93. The molecule has 0 saturated carbocycles. The molecule has 1 aromatic carbocycles. The highest BCUT2D eigenvalue weighted by Crippen LogP contribution is 2.08. The summed E-state index contributed by atoms with van der Waals surface area (Å²) in [5.74, 6) is 0.535. The number of rotatable bonds is 6. The molecule has 78 valence electrons. The maximum Gasteiger partial charge on any atom is 0.146 e. The lowest BCUT2D eigenvalue weighted by atomic mass is 10.0. The fourth-order valence-corrected chi connectivity index (χ4v) is 1.41. The highest BCUT2D eigenvalue weighted by atomic mass is 16.7. The molecule has 0 amide bonds. The predicted octanol–water partition coefficient (Wildman–Crippen LogP) is 2.49. The van der Waals surface area contributed by atoms with Gasteiger partial charge in [-0.1, -0.05) is 37.3 Å². The molecule has 0 aromatic heterocycles. The molecule has 0 aliphatic carbocycles. The van der Waals surface area contributed by atoms with Crippen LogP contribution in [0.2, 0.25) is 0 Å². The van der Waals surface area contributed by atoms with E-state index in [4.69, 9.17) is 9.47 Å². The number of hydrogen-bond acceptors (Lipinski definition) is 2. The third kappa shape index (κ3) is 4.40. The van der Waals surface area contributed by atoms with Crippen LogP contribution in [-0.2, 0) is 15.9 Å². The Labute approximate surface area is 85.8 Å². The fraction of sp³-hybridized carbons (Fsp3) is 0.500. The van der Waals surface area contributed by atoms with Crippen LogP contribution >= 0.6 is 0 Å². The molecule has 0 fully saturated rings. The Bertz CT molecular complexity index is 233. The zero-order valence-electron chi connectivity index (χ0n) is 8.90. The van der Waals surface area contributed by atoms with E-state index >= 15 is 0 Å². The van der Waals surface area contributed by atoms with Gasteiger partial charge in [-0.15, -0.1) is 0 Å². The lowest BCUT2D eigenvalue weighted by Gasteiger charge is -2.11. The highest BCUT2D eigenvalue weighted by molar-refractivity contribution is 5.14. The molecule has 0 bridgehead atoms. The molecule has 2 nitrogen and oxygen atoms in total. The first-order chi connectivity index (χ1) is 6.83. The SMILES string of the molecule is COCOC[C@@H](C)Cc1ccccc1. The van der Waals surface area contributed by atoms with Crippen molar-refractivity contribution in [3.63, 3.8) is 0 Å². The summed E-state index contributed by atoms with van der Waals surface area (Å²) in [6.07, 6.45) is 1.06. The number of methoxy groups -OCH3 is 1. The summed E-state index contributed by atoms with van der Waals surface area (Å²) in [6.45, 7) is 3.32. The predicted molar refractivity (Wildman–Crippen MR) is 57.1 cm³/mol. The Morgan fingerprint density at radius 2 is 1.93 bits per heavy atom. The van der Waals surface area contributed by atoms with E-state index in [1.807, 2.05) is 6.07 Å². The van der Waals surface area contributed by atoms with Gasteiger partial charge in [0.05, 0.1) is 6.61 Å². The van der Waals surface area contributed by atoms with Crippen molar-refractivity contribution in [2.24, 2.45) is 5.92 Å². The molecule has 0 heterocycles. The Morgan fingerprint density at radius 1 is 1.21 bits per heavy atom. The minimum atomic E-state index is 0.388. The topological polar surface area (TPSA) is 18.5 Å². The number of ether oxygens (including phenoxy) is 2. The Morgan fingerprint density at radius 3 is 2.57 bits per heavy atom. The summed E-state index contributed by atoms with van der Waals surface area (Å²) in [7, 11) is 1.64. The average molecular weight is 194 g/mol. The van der Waals surface area contributed by atoms with Gasteiger partial charge in [0, 0.05) is 7.11 Å². The monoisotopic (exact) mass is 194 g/mol. The van der Waals surface area contributed by atoms with Crippen LogP contribution in [0.25, 0.3) is 0 Å². The molecular formula is C12H18O2. The second kappa shape index (κ2) is 6.57. The average Bonchev–Trinajstić information content (AvgIpc) is 2.20. The van der Waals surface area contributed by atoms with E-state index in [9.17, 15) is 0 Å². The molecule has 0 saturated heterocycles. The van der Waals surface area contributed by atoms with E-state index in [0.717, 1.165) is 13.0 Å². The third-order valence-corrected chi connectivity index (χ3v) is 2.03. The Kier molecular flexibility index (Phi) is 5.27. The molecule has 14 heavy (non-hydrogen) atoms. The van der Waals surface area contributed by atoms with Crippen molar-refractivity contribution < 1.29 is 9.47 Å². The van der Waals surface area contributed by atoms with Gasteiger partial charge in [0.2, 0.25) is 0 Å². The van der Waals surface area contributed by atoms with Crippen LogP contribution in [-0.4, -0.2) is 20.5 Å². The lowest BCUT2D eigenvalue weighted by molar-refractivity contribution is -0.0414. The van der Waals surface area contributed by atoms with Gasteiger partial charge in [0.25, 0.3) is 0 Å². The molecule has 1 aromatic rings. The molecule has 0 spiro atoms. The van der Waals surface area contributed by atoms with Crippen LogP contribution in [0.5, 0.6) is 0 Å². The molecular weight excluding hydrogens is 176 g/mol. The third-order valence-electron chi connectivity index (χ3n) is 2.03. The van der Waals surface area contributed by atoms with Crippen molar-refractivity contribution in [3.05, 3.63) is 35.9 Å². The van der Waals surface area contributed by atoms with E-state index in [1.165, 1.54) is 5.56 Å². The zero-order chi connectivity index (χ0) is 10.2. The first-order valence-corrected chi connectivity index (χ1v) is 4.93. The van der Waals surface area contributed by atoms with Crippen LogP contribution < -0.4 is 0 Å². The van der Waals surface area contributed by atoms with E-state index in [-0.39, 0.29) is 0 Å². The van der Waals surface area contributed by atoms with Gasteiger partial charge >= 0.3 is 0 Å². The van der Waals surface area contributed by atoms with Crippen LogP contribution in [0.1, 0.15) is 12.5 Å². The van der Waals surface area contributed by atoms with Crippen molar-refractivity contribution in [2.45, 2.75) is 13.3 Å². The van der Waals surface area contributed by atoms with Crippen molar-refractivity contribution in [3.8, 4) is 0 Å². The number of benzene rings is 1. The van der Waals surface area contributed by atoms with E-state index in [0.29, 0.717) is 12.7 Å². The Hall–Kier alpha value is -0.860. The van der Waals surface area contributed by atoms with Crippen LogP contribution in [0.4, 0.5) is 0 Å². The molecule has 0 aliphatic heterocycles. The van der Waals surface area contributed by atoms with Gasteiger partial charge < -0.3 is 9.47 Å². The zero-order valence-corrected chi connectivity index (χ0v) is 8.90. The molecule has 0 radical (unpaired) electrons. The van der Waals surface area contributed by atoms with Crippen LogP contribution in [0.15, 0.2) is 30.3 Å². The molecule has 0 unspecified atom stereocenters. The van der Waals surface area contributed by atoms with Gasteiger partial charge in [-0.3, -0.25) is 0 Å². The maximum atomic E-state index is 5.29. The van der Waals surface area contributed by atoms with Gasteiger partial charge in [0.15, 0.2) is 0 Å². The summed E-state index contributed by atoms with van der Waals surface area (Å²) in [5.41, 5.74) is 1.36. The lowest BCUT2D eigenvalue weighted by Crippen LogP contribution is -2.10. The van der Waals surface area contributed by atoms with Crippen LogP contribution in [0, 0.1) is 5.92 Å². The van der Waals surface area contributed by atoms with Gasteiger partial charge in [-0.2, -0.15) is 0 Å². The Balaban J connectivity index is 2.23. The largest absolute Gasteiger partial charge is 0.359 e. The van der Waals surface area contributed by atoms with Crippen molar-refractivity contribution >= 4 is 0 Å². The van der Waals surface area contributed by atoms with Gasteiger partial charge in [0.1, 0.15) is 6.79 Å². The van der Waals surface area contributed by atoms with E-state index in [1.54, 1.807) is 7.11 Å². The quantitative estimate of drug-likeness (QED) is 0.511. The summed E-state index contributed by atoms with van der Waals surface area (Å²) >= 11 is 0. The fourth-order valence-electron chi connectivity index (χ4n) is 1.41. The van der Waals surface area contributed by atoms with E-state index < -0.39 is 0 Å². The second-order valence-corrected chi connectivity index (χ2v) is 3.57. The minimum Gasteiger partial charge on any atom is -0.359 e. The second-order valence-electron chi connectivity index (χ2n) is 3.57.